The van der Waals surface area contributed by atoms with Crippen molar-refractivity contribution in [3.05, 3.63) is 100 Å². The highest BCUT2D eigenvalue weighted by molar-refractivity contribution is 7.23. The summed E-state index contributed by atoms with van der Waals surface area (Å²) >= 11 is 1.58. The van der Waals surface area contributed by atoms with Gasteiger partial charge >= 0.3 is 6.01 Å². The van der Waals surface area contributed by atoms with Gasteiger partial charge in [0.05, 0.1) is 53.5 Å². The Morgan fingerprint density at radius 2 is 1.90 bits per heavy atom. The summed E-state index contributed by atoms with van der Waals surface area (Å²) in [6, 6.07) is 16.9. The molecule has 9 rings (SSSR count). The topological polar surface area (TPSA) is 116 Å². The molecule has 6 aromatic rings. The number of methoxy groups -OCH3 is 2. The summed E-state index contributed by atoms with van der Waals surface area (Å²) in [6.45, 7) is 0.686. The average Bonchev–Trinajstić information content (AvgIpc) is 3.98. The van der Waals surface area contributed by atoms with Crippen molar-refractivity contribution in [2.45, 2.75) is 50.6 Å². The third-order valence-electron chi connectivity index (χ3n) is 10.1. The number of hydrogen-bond donors (Lipinski definition) is 1. The molecular formula is C38H33FN6O4S. The lowest BCUT2D eigenvalue weighted by Gasteiger charge is -2.16. The summed E-state index contributed by atoms with van der Waals surface area (Å²) in [5, 5.41) is 8.77. The van der Waals surface area contributed by atoms with Crippen LogP contribution in [-0.4, -0.2) is 51.7 Å². The van der Waals surface area contributed by atoms with Crippen LogP contribution in [0, 0.1) is 5.82 Å². The number of rotatable bonds is 9. The molecule has 1 aliphatic carbocycles. The first-order valence-electron chi connectivity index (χ1n) is 16.8. The number of hydrogen-bond acceptors (Lipinski definition) is 10. The van der Waals surface area contributed by atoms with Crippen LogP contribution in [0.5, 0.6) is 11.8 Å². The maximum Gasteiger partial charge on any atom is 0.354 e. The third kappa shape index (κ3) is 5.00. The van der Waals surface area contributed by atoms with Gasteiger partial charge < -0.3 is 24.2 Å². The van der Waals surface area contributed by atoms with Crippen molar-refractivity contribution < 1.29 is 23.2 Å². The van der Waals surface area contributed by atoms with Gasteiger partial charge in [-0.15, -0.1) is 11.3 Å². The molecule has 2 atom stereocenters. The molecule has 12 heteroatoms. The van der Waals surface area contributed by atoms with Crippen molar-refractivity contribution >= 4 is 33.1 Å². The number of aryl methyl sites for hydroxylation is 2. The molecule has 0 spiro atoms. The highest BCUT2D eigenvalue weighted by Crippen LogP contribution is 2.51. The zero-order valence-corrected chi connectivity index (χ0v) is 28.3. The summed E-state index contributed by atoms with van der Waals surface area (Å²) in [7, 11) is 3.19. The van der Waals surface area contributed by atoms with Crippen LogP contribution in [0.15, 0.2) is 65.3 Å². The lowest BCUT2D eigenvalue weighted by Crippen LogP contribution is -2.22. The van der Waals surface area contributed by atoms with Crippen molar-refractivity contribution in [3.63, 3.8) is 0 Å². The number of thiophene rings is 1. The number of nitrogens with one attached hydrogen (secondary N) is 1. The van der Waals surface area contributed by atoms with Crippen molar-refractivity contribution in [3.8, 4) is 33.7 Å². The van der Waals surface area contributed by atoms with Crippen LogP contribution >= 0.6 is 11.3 Å². The van der Waals surface area contributed by atoms with Crippen LogP contribution in [0.4, 0.5) is 10.2 Å². The Hall–Kier alpha value is -5.36. The van der Waals surface area contributed by atoms with Gasteiger partial charge in [-0.3, -0.25) is 9.78 Å². The van der Waals surface area contributed by atoms with Gasteiger partial charge in [-0.2, -0.15) is 4.98 Å². The van der Waals surface area contributed by atoms with Gasteiger partial charge in [-0.05, 0) is 96.1 Å². The van der Waals surface area contributed by atoms with E-state index >= 15 is 0 Å². The quantitative estimate of drug-likeness (QED) is 0.163. The number of benzene rings is 2. The van der Waals surface area contributed by atoms with E-state index in [1.165, 1.54) is 30.4 Å². The minimum Gasteiger partial charge on any atom is -0.496 e. The maximum atomic E-state index is 14.3. The number of nitrogens with zero attached hydrogens (tertiary/aromatic N) is 5. The Kier molecular flexibility index (Phi) is 7.49. The molecule has 3 aliphatic rings. The fourth-order valence-electron chi connectivity index (χ4n) is 7.83. The second kappa shape index (κ2) is 12.2. The molecule has 0 unspecified atom stereocenters. The molecule has 2 aliphatic heterocycles. The average molecular weight is 689 g/mol. The van der Waals surface area contributed by atoms with E-state index in [2.05, 4.69) is 27.6 Å². The summed E-state index contributed by atoms with van der Waals surface area (Å²) in [5.74, 6) is 1.61. The molecule has 10 nitrogen and oxygen atoms in total. The first-order chi connectivity index (χ1) is 24.5. The molecule has 1 saturated heterocycles. The van der Waals surface area contributed by atoms with E-state index in [0.717, 1.165) is 74.7 Å². The molecule has 0 saturated carbocycles. The molecule has 50 heavy (non-hydrogen) atoms. The van der Waals surface area contributed by atoms with E-state index in [-0.39, 0.29) is 35.7 Å². The molecule has 1 N–H and O–H groups in total. The van der Waals surface area contributed by atoms with Crippen LogP contribution < -0.4 is 14.8 Å². The molecular weight excluding hydrogens is 656 g/mol. The van der Waals surface area contributed by atoms with Crippen LogP contribution in [-0.2, 0) is 19.3 Å². The number of amides is 1. The van der Waals surface area contributed by atoms with Crippen LogP contribution in [0.3, 0.4) is 0 Å². The number of aromatic nitrogens is 4. The SMILES string of the molecule is COc1noc(-c2c(CCc3ccc(F)cc3)nc3c(c2-c2cc4ccnc(N[C@@H]5CCc6c(OC)cccc65)c4s2)C(=O)N2CCC[C@@H]32)n1. The zero-order chi connectivity index (χ0) is 33.9. The number of pyridine rings is 2. The van der Waals surface area contributed by atoms with Crippen LogP contribution in [0.25, 0.3) is 32.0 Å². The number of halogens is 1. The Morgan fingerprint density at radius 3 is 2.72 bits per heavy atom. The van der Waals surface area contributed by atoms with E-state index in [4.69, 9.17) is 24.0 Å². The van der Waals surface area contributed by atoms with Gasteiger partial charge in [0.25, 0.3) is 11.8 Å². The molecule has 1 fully saturated rings. The zero-order valence-electron chi connectivity index (χ0n) is 27.5. The fraction of sp³-hybridized carbons (Fsp3) is 0.289. The second-order valence-corrected chi connectivity index (χ2v) is 13.9. The van der Waals surface area contributed by atoms with Crippen molar-refractivity contribution in [1.82, 2.24) is 25.0 Å². The largest absolute Gasteiger partial charge is 0.496 e. The Balaban J connectivity index is 1.21. The first kappa shape index (κ1) is 30.7. The number of carbonyl (C=O) groups is 1. The number of anilines is 1. The predicted octanol–water partition coefficient (Wildman–Crippen LogP) is 7.74. The fourth-order valence-corrected chi connectivity index (χ4v) is 9.00. The lowest BCUT2D eigenvalue weighted by molar-refractivity contribution is 0.0776. The number of ether oxygens (including phenoxy) is 2. The normalized spacial score (nSPS) is 17.7. The minimum absolute atomic E-state index is 0.0340. The smallest absolute Gasteiger partial charge is 0.354 e. The number of carbonyl (C=O) groups excluding carboxylic acids is 1. The molecule has 2 aromatic carbocycles. The molecule has 0 bridgehead atoms. The van der Waals surface area contributed by atoms with Crippen LogP contribution in [0.1, 0.15) is 69.8 Å². The van der Waals surface area contributed by atoms with Crippen molar-refractivity contribution in [1.29, 1.82) is 0 Å². The Morgan fingerprint density at radius 1 is 1.02 bits per heavy atom. The Bertz CT molecular complexity index is 2290. The number of fused-ring (bicyclic) bond motifs is 5. The summed E-state index contributed by atoms with van der Waals surface area (Å²) in [6.07, 6.45) is 6.56. The summed E-state index contributed by atoms with van der Waals surface area (Å²) in [4.78, 5) is 31.7. The summed E-state index contributed by atoms with van der Waals surface area (Å²) in [5.41, 5.74) is 6.87. The maximum absolute atomic E-state index is 14.3. The first-order valence-corrected chi connectivity index (χ1v) is 17.6. The van der Waals surface area contributed by atoms with Gasteiger partial charge in [0, 0.05) is 23.2 Å². The van der Waals surface area contributed by atoms with Crippen molar-refractivity contribution in [2.75, 3.05) is 26.1 Å². The lowest BCUT2D eigenvalue weighted by atomic mass is 9.93. The highest BCUT2D eigenvalue weighted by Gasteiger charge is 2.45. The third-order valence-corrected chi connectivity index (χ3v) is 11.3. The van der Waals surface area contributed by atoms with Gasteiger partial charge in [0.2, 0.25) is 0 Å². The van der Waals surface area contributed by atoms with Gasteiger partial charge in [0.15, 0.2) is 0 Å². The van der Waals surface area contributed by atoms with Gasteiger partial charge in [0.1, 0.15) is 17.4 Å². The van der Waals surface area contributed by atoms with E-state index in [1.54, 1.807) is 30.6 Å². The predicted molar refractivity (Wildman–Crippen MR) is 187 cm³/mol. The summed E-state index contributed by atoms with van der Waals surface area (Å²) < 4.78 is 31.5. The minimum atomic E-state index is -0.282. The van der Waals surface area contributed by atoms with Gasteiger partial charge in [-0.25, -0.2) is 9.37 Å². The Labute approximate surface area is 291 Å². The standard InChI is InChI=1S/C38H33FN6O4S/c1-47-28-7-3-5-23-24(28)13-15-25(23)42-35-34-21(16-17-40-35)19-29(50-34)31-30(36-43-38(48-2)44-49-36)26(14-10-20-8-11-22(39)12-9-20)41-33-27-6-4-18-45(27)37(46)32(31)33/h3,5,7-9,11-12,16-17,19,25,27H,4,6,10,13-15,18H2,1-2H3,(H,40,42)/t25-,27+/m1/s1. The van der Waals surface area contributed by atoms with Crippen LogP contribution in [0.2, 0.25) is 0 Å². The van der Waals surface area contributed by atoms with Crippen molar-refractivity contribution in [2.24, 2.45) is 0 Å². The van der Waals surface area contributed by atoms with Gasteiger partial charge in [-0.1, -0.05) is 24.3 Å². The second-order valence-electron chi connectivity index (χ2n) is 12.9. The van der Waals surface area contributed by atoms with E-state index in [9.17, 15) is 9.18 Å². The molecule has 4 aromatic heterocycles. The highest BCUT2D eigenvalue weighted by atomic mass is 32.1. The molecule has 6 heterocycles. The molecule has 252 valence electrons. The molecule has 0 radical (unpaired) electrons. The van der Waals surface area contributed by atoms with E-state index in [0.29, 0.717) is 30.5 Å². The monoisotopic (exact) mass is 688 g/mol. The molecule has 1 amide bonds. The van der Waals surface area contributed by atoms with E-state index in [1.807, 2.05) is 29.3 Å². The van der Waals surface area contributed by atoms with E-state index < -0.39 is 0 Å².